The number of hydrogen-bond acceptors (Lipinski definition) is 5. The molecule has 2 aromatic rings. The SMILES string of the molecule is COC(=O)c1ccc(Cl)c(NC(=O)CCCc2ccc3c(c2)OCCO3)c1. The molecule has 0 aliphatic carbocycles. The fourth-order valence-corrected chi connectivity index (χ4v) is 2.94. The Kier molecular flexibility index (Phi) is 6.19. The summed E-state index contributed by atoms with van der Waals surface area (Å²) >= 11 is 6.09. The van der Waals surface area contributed by atoms with Crippen molar-refractivity contribution in [2.24, 2.45) is 0 Å². The number of fused-ring (bicyclic) bond motifs is 1. The number of carbonyl (C=O) groups is 2. The van der Waals surface area contributed by atoms with Crippen molar-refractivity contribution in [3.05, 3.63) is 52.5 Å². The second kappa shape index (κ2) is 8.77. The lowest BCUT2D eigenvalue weighted by molar-refractivity contribution is -0.116. The number of halogens is 1. The lowest BCUT2D eigenvalue weighted by Gasteiger charge is -2.18. The van der Waals surface area contributed by atoms with E-state index in [1.165, 1.54) is 13.2 Å². The quantitative estimate of drug-likeness (QED) is 0.759. The molecular weight excluding hydrogens is 370 g/mol. The van der Waals surface area contributed by atoms with Gasteiger partial charge < -0.3 is 19.5 Å². The fourth-order valence-electron chi connectivity index (χ4n) is 2.77. The van der Waals surface area contributed by atoms with Gasteiger partial charge >= 0.3 is 5.97 Å². The topological polar surface area (TPSA) is 73.9 Å². The number of amides is 1. The Morgan fingerprint density at radius 2 is 1.89 bits per heavy atom. The van der Waals surface area contributed by atoms with E-state index in [2.05, 4.69) is 10.1 Å². The molecule has 1 aliphatic rings. The lowest BCUT2D eigenvalue weighted by atomic mass is 10.1. The Labute approximate surface area is 162 Å². The highest BCUT2D eigenvalue weighted by atomic mass is 35.5. The van der Waals surface area contributed by atoms with Gasteiger partial charge in [-0.15, -0.1) is 0 Å². The van der Waals surface area contributed by atoms with Crippen LogP contribution in [-0.4, -0.2) is 32.2 Å². The lowest BCUT2D eigenvalue weighted by Crippen LogP contribution is -2.15. The molecule has 0 radical (unpaired) electrons. The van der Waals surface area contributed by atoms with Gasteiger partial charge in [0.25, 0.3) is 0 Å². The first-order valence-electron chi connectivity index (χ1n) is 8.63. The van der Waals surface area contributed by atoms with Gasteiger partial charge in [-0.05, 0) is 48.7 Å². The number of anilines is 1. The van der Waals surface area contributed by atoms with Crippen molar-refractivity contribution in [3.63, 3.8) is 0 Å². The molecule has 0 saturated heterocycles. The summed E-state index contributed by atoms with van der Waals surface area (Å²) in [5, 5.41) is 3.11. The number of ether oxygens (including phenoxy) is 3. The van der Waals surface area contributed by atoms with Crippen molar-refractivity contribution >= 4 is 29.2 Å². The molecule has 0 bridgehead atoms. The van der Waals surface area contributed by atoms with E-state index < -0.39 is 5.97 Å². The van der Waals surface area contributed by atoms with Crippen LogP contribution >= 0.6 is 11.6 Å². The summed E-state index contributed by atoms with van der Waals surface area (Å²) in [6.45, 7) is 1.11. The van der Waals surface area contributed by atoms with E-state index in [0.717, 1.165) is 23.5 Å². The van der Waals surface area contributed by atoms with Gasteiger partial charge in [0.2, 0.25) is 5.91 Å². The summed E-state index contributed by atoms with van der Waals surface area (Å²) in [5.41, 5.74) is 1.80. The van der Waals surface area contributed by atoms with Crippen molar-refractivity contribution in [2.45, 2.75) is 19.3 Å². The normalized spacial score (nSPS) is 12.4. The van der Waals surface area contributed by atoms with Crippen LogP contribution in [-0.2, 0) is 16.0 Å². The predicted molar refractivity (Wildman–Crippen MR) is 102 cm³/mol. The standard InChI is InChI=1S/C20H20ClNO5/c1-25-20(24)14-6-7-15(21)16(12-14)22-19(23)4-2-3-13-5-8-17-18(11-13)27-10-9-26-17/h5-8,11-12H,2-4,9-10H2,1H3,(H,22,23). The first-order valence-corrected chi connectivity index (χ1v) is 9.01. The Morgan fingerprint density at radius 3 is 2.67 bits per heavy atom. The van der Waals surface area contributed by atoms with E-state index in [0.29, 0.717) is 42.3 Å². The van der Waals surface area contributed by atoms with Gasteiger partial charge in [0.05, 0.1) is 23.4 Å². The van der Waals surface area contributed by atoms with Crippen LogP contribution in [0.1, 0.15) is 28.8 Å². The zero-order chi connectivity index (χ0) is 19.2. The number of carbonyl (C=O) groups excluding carboxylic acids is 2. The molecule has 142 valence electrons. The maximum absolute atomic E-state index is 12.2. The van der Waals surface area contributed by atoms with E-state index in [1.54, 1.807) is 12.1 Å². The smallest absolute Gasteiger partial charge is 0.337 e. The van der Waals surface area contributed by atoms with E-state index in [1.807, 2.05) is 18.2 Å². The summed E-state index contributed by atoms with van der Waals surface area (Å²) in [6, 6.07) is 10.4. The summed E-state index contributed by atoms with van der Waals surface area (Å²) in [6.07, 6.45) is 1.73. The highest BCUT2D eigenvalue weighted by Crippen LogP contribution is 2.31. The van der Waals surface area contributed by atoms with Crippen LogP contribution in [0, 0.1) is 0 Å². The molecular formula is C20H20ClNO5. The number of rotatable bonds is 6. The highest BCUT2D eigenvalue weighted by Gasteiger charge is 2.13. The van der Waals surface area contributed by atoms with Gasteiger partial charge in [0.15, 0.2) is 11.5 Å². The molecule has 1 aliphatic heterocycles. The van der Waals surface area contributed by atoms with Crippen LogP contribution in [0.5, 0.6) is 11.5 Å². The molecule has 1 N–H and O–H groups in total. The monoisotopic (exact) mass is 389 g/mol. The zero-order valence-corrected chi connectivity index (χ0v) is 15.7. The van der Waals surface area contributed by atoms with Crippen molar-refractivity contribution in [1.82, 2.24) is 0 Å². The van der Waals surface area contributed by atoms with Gasteiger partial charge in [-0.2, -0.15) is 0 Å². The molecule has 0 spiro atoms. The van der Waals surface area contributed by atoms with Crippen LogP contribution in [0.4, 0.5) is 5.69 Å². The molecule has 6 nitrogen and oxygen atoms in total. The van der Waals surface area contributed by atoms with Gasteiger partial charge in [-0.1, -0.05) is 17.7 Å². The minimum Gasteiger partial charge on any atom is -0.486 e. The number of methoxy groups -OCH3 is 1. The van der Waals surface area contributed by atoms with Crippen LogP contribution in [0.25, 0.3) is 0 Å². The first-order chi connectivity index (χ1) is 13.1. The molecule has 0 aromatic heterocycles. The summed E-state index contributed by atoms with van der Waals surface area (Å²) in [7, 11) is 1.30. The third-order valence-corrected chi connectivity index (χ3v) is 4.47. The molecule has 1 heterocycles. The molecule has 0 atom stereocenters. The molecule has 2 aromatic carbocycles. The Balaban J connectivity index is 1.53. The van der Waals surface area contributed by atoms with Crippen molar-refractivity contribution < 1.29 is 23.8 Å². The largest absolute Gasteiger partial charge is 0.486 e. The maximum Gasteiger partial charge on any atom is 0.337 e. The average molecular weight is 390 g/mol. The second-order valence-electron chi connectivity index (χ2n) is 6.07. The van der Waals surface area contributed by atoms with Gasteiger partial charge in [-0.25, -0.2) is 4.79 Å². The van der Waals surface area contributed by atoms with Crippen molar-refractivity contribution in [1.29, 1.82) is 0 Å². The first kappa shape index (κ1) is 19.0. The van der Waals surface area contributed by atoms with E-state index in [4.69, 9.17) is 21.1 Å². The number of aryl methyl sites for hydroxylation is 1. The molecule has 0 unspecified atom stereocenters. The van der Waals surface area contributed by atoms with Crippen LogP contribution in [0.2, 0.25) is 5.02 Å². The van der Waals surface area contributed by atoms with E-state index in [9.17, 15) is 9.59 Å². The number of esters is 1. The third kappa shape index (κ3) is 4.92. The molecule has 7 heteroatoms. The number of hydrogen-bond donors (Lipinski definition) is 1. The Hall–Kier alpha value is -2.73. The Bertz CT molecular complexity index is 852. The minimum atomic E-state index is -0.485. The van der Waals surface area contributed by atoms with Crippen LogP contribution in [0.15, 0.2) is 36.4 Å². The summed E-state index contributed by atoms with van der Waals surface area (Å²) in [5.74, 6) is 0.842. The number of benzene rings is 2. The van der Waals surface area contributed by atoms with Gasteiger partial charge in [-0.3, -0.25) is 4.79 Å². The van der Waals surface area contributed by atoms with Crippen molar-refractivity contribution in [2.75, 3.05) is 25.6 Å². The molecule has 27 heavy (non-hydrogen) atoms. The second-order valence-corrected chi connectivity index (χ2v) is 6.47. The minimum absolute atomic E-state index is 0.170. The van der Waals surface area contributed by atoms with Crippen molar-refractivity contribution in [3.8, 4) is 11.5 Å². The van der Waals surface area contributed by atoms with E-state index >= 15 is 0 Å². The van der Waals surface area contributed by atoms with Crippen LogP contribution < -0.4 is 14.8 Å². The maximum atomic E-state index is 12.2. The number of nitrogens with one attached hydrogen (secondary N) is 1. The molecule has 0 fully saturated rings. The summed E-state index contributed by atoms with van der Waals surface area (Å²) < 4.78 is 15.7. The average Bonchev–Trinajstić information content (AvgIpc) is 2.69. The summed E-state index contributed by atoms with van der Waals surface area (Å²) in [4.78, 5) is 23.8. The van der Waals surface area contributed by atoms with E-state index in [-0.39, 0.29) is 5.91 Å². The molecule has 1 amide bonds. The fraction of sp³-hybridized carbons (Fsp3) is 0.300. The highest BCUT2D eigenvalue weighted by molar-refractivity contribution is 6.33. The van der Waals surface area contributed by atoms with Gasteiger partial charge in [0.1, 0.15) is 13.2 Å². The third-order valence-electron chi connectivity index (χ3n) is 4.14. The molecule has 0 saturated carbocycles. The van der Waals surface area contributed by atoms with Gasteiger partial charge in [0, 0.05) is 6.42 Å². The van der Waals surface area contributed by atoms with Crippen LogP contribution in [0.3, 0.4) is 0 Å². The molecule has 3 rings (SSSR count). The predicted octanol–water partition coefficient (Wildman–Crippen LogP) is 3.86. The zero-order valence-electron chi connectivity index (χ0n) is 14.9. The Morgan fingerprint density at radius 1 is 1.11 bits per heavy atom.